The van der Waals surface area contributed by atoms with Gasteiger partial charge in [-0.05, 0) is 147 Å². The van der Waals surface area contributed by atoms with Crippen LogP contribution in [0.4, 0.5) is 0 Å². The zero-order valence-corrected chi connectivity index (χ0v) is 35.5. The molecule has 55 heavy (non-hydrogen) atoms. The highest BCUT2D eigenvalue weighted by molar-refractivity contribution is 6.30. The van der Waals surface area contributed by atoms with E-state index in [-0.39, 0.29) is 63.0 Å². The number of carboxylic acids is 1. The van der Waals surface area contributed by atoms with Crippen molar-refractivity contribution in [2.45, 2.75) is 157 Å². The predicted molar refractivity (Wildman–Crippen MR) is 214 cm³/mol. The summed E-state index contributed by atoms with van der Waals surface area (Å²) >= 11 is 6.12. The quantitative estimate of drug-likeness (QED) is 0.186. The molecule has 5 saturated carbocycles. The standard InChI is InChI=1S/C47H64ClNO6/c1-28(2)38-32(51)25-47(19-14-30(50)24-46(22-23-46)35-13-10-29(48)27-49-35)21-20-44(8)31(39(38)47)11-12-34-43(7)17-16-36(55-37(52)26-41(3,4)40(53)54)42(5,6)33(43)15-18-45(34,44)9/h10,13-14,19,27-28,31,33-34,36H,11-12,15-18,20-26H2,1-9H3,(H,53,54)/b19-14+/t31-,33+,34-,36+,43+,44-,45-,47+/m1/s1. The molecule has 0 amide bonds. The molecule has 0 saturated heterocycles. The van der Waals surface area contributed by atoms with Crippen molar-refractivity contribution >= 4 is 35.1 Å². The van der Waals surface area contributed by atoms with Crippen LogP contribution in [0.2, 0.25) is 5.02 Å². The number of carbonyl (C=O) groups excluding carboxylic acids is 3. The Labute approximate surface area is 333 Å². The number of Topliss-reactive ketones (excluding diaryl/α,β-unsaturated/α-hetero) is 1. The zero-order valence-electron chi connectivity index (χ0n) is 34.8. The van der Waals surface area contributed by atoms with Crippen molar-refractivity contribution in [2.75, 3.05) is 0 Å². The summed E-state index contributed by atoms with van der Waals surface area (Å²) in [5.74, 6) is 0.219. The van der Waals surface area contributed by atoms with E-state index in [4.69, 9.17) is 16.3 Å². The fraction of sp³-hybridized carbons (Fsp3) is 0.723. The monoisotopic (exact) mass is 773 g/mol. The number of ketones is 2. The maximum atomic E-state index is 14.1. The first-order valence-corrected chi connectivity index (χ1v) is 21.5. The third kappa shape index (κ3) is 6.31. The van der Waals surface area contributed by atoms with Gasteiger partial charge in [-0.15, -0.1) is 0 Å². The van der Waals surface area contributed by atoms with E-state index in [1.807, 2.05) is 18.2 Å². The second-order valence-electron chi connectivity index (χ2n) is 21.2. The van der Waals surface area contributed by atoms with Crippen LogP contribution in [0.15, 0.2) is 41.6 Å². The van der Waals surface area contributed by atoms with Crippen LogP contribution in [0.3, 0.4) is 0 Å². The van der Waals surface area contributed by atoms with Gasteiger partial charge in [-0.2, -0.15) is 0 Å². The number of rotatable bonds is 10. The third-order valence-corrected chi connectivity index (χ3v) is 17.3. The Hall–Kier alpha value is -2.80. The zero-order chi connectivity index (χ0) is 40.1. The van der Waals surface area contributed by atoms with E-state index in [0.717, 1.165) is 75.5 Å². The Bertz CT molecular complexity index is 1840. The van der Waals surface area contributed by atoms with Crippen molar-refractivity contribution in [3.63, 3.8) is 0 Å². The van der Waals surface area contributed by atoms with Crippen LogP contribution in [-0.2, 0) is 29.3 Å². The molecule has 5 fully saturated rings. The summed E-state index contributed by atoms with van der Waals surface area (Å²) in [7, 11) is 0. The number of aliphatic carboxylic acids is 1. The van der Waals surface area contributed by atoms with E-state index in [9.17, 15) is 24.3 Å². The largest absolute Gasteiger partial charge is 0.481 e. The lowest BCUT2D eigenvalue weighted by atomic mass is 9.33. The van der Waals surface area contributed by atoms with Crippen LogP contribution < -0.4 is 0 Å². The van der Waals surface area contributed by atoms with Crippen molar-refractivity contribution in [2.24, 2.45) is 56.2 Å². The molecule has 6 aliphatic rings. The van der Waals surface area contributed by atoms with E-state index < -0.39 is 22.8 Å². The molecule has 1 aromatic heterocycles. The number of esters is 1. The van der Waals surface area contributed by atoms with Crippen LogP contribution in [0.5, 0.6) is 0 Å². The minimum Gasteiger partial charge on any atom is -0.481 e. The molecule has 0 spiro atoms. The lowest BCUT2D eigenvalue weighted by Gasteiger charge is -2.72. The molecule has 1 heterocycles. The molecule has 8 atom stereocenters. The molecule has 8 heteroatoms. The van der Waals surface area contributed by atoms with Gasteiger partial charge in [-0.3, -0.25) is 24.2 Å². The van der Waals surface area contributed by atoms with Crippen molar-refractivity contribution in [1.82, 2.24) is 4.98 Å². The smallest absolute Gasteiger partial charge is 0.309 e. The van der Waals surface area contributed by atoms with Crippen molar-refractivity contribution in [1.29, 1.82) is 0 Å². The predicted octanol–water partition coefficient (Wildman–Crippen LogP) is 10.7. The van der Waals surface area contributed by atoms with Crippen LogP contribution in [0.25, 0.3) is 0 Å². The van der Waals surface area contributed by atoms with Gasteiger partial charge in [0.25, 0.3) is 0 Å². The number of hydrogen-bond acceptors (Lipinski definition) is 6. The Morgan fingerprint density at radius 3 is 2.27 bits per heavy atom. The number of aromatic nitrogens is 1. The van der Waals surface area contributed by atoms with Crippen LogP contribution >= 0.6 is 11.6 Å². The molecule has 6 aliphatic carbocycles. The molecule has 1 N–H and O–H groups in total. The second-order valence-corrected chi connectivity index (χ2v) is 21.6. The first-order chi connectivity index (χ1) is 25.6. The van der Waals surface area contributed by atoms with Gasteiger partial charge in [0.05, 0.1) is 16.9 Å². The summed E-state index contributed by atoms with van der Waals surface area (Å²) in [6.45, 7) is 19.7. The molecule has 0 aliphatic heterocycles. The summed E-state index contributed by atoms with van der Waals surface area (Å²) in [5, 5.41) is 10.2. The highest BCUT2D eigenvalue weighted by Crippen LogP contribution is 2.77. The van der Waals surface area contributed by atoms with Gasteiger partial charge >= 0.3 is 11.9 Å². The molecule has 1 aromatic rings. The van der Waals surface area contributed by atoms with E-state index >= 15 is 0 Å². The summed E-state index contributed by atoms with van der Waals surface area (Å²) in [4.78, 5) is 57.3. The SMILES string of the molecule is CC(C)C1=C2[C@H]3CC[C@@H]4[C@@]5(C)CC[C@H](OC(=O)CC(C)(C)C(=O)O)C(C)(C)[C@@H]5CC[C@@]4(C)[C@]3(C)CC[C@@]2(/C=C/C(=O)CC2(c3ccc(Cl)cn3)CC2)CC1=O. The van der Waals surface area contributed by atoms with Gasteiger partial charge in [0.1, 0.15) is 6.10 Å². The van der Waals surface area contributed by atoms with E-state index in [0.29, 0.717) is 29.7 Å². The molecule has 7 rings (SSSR count). The average Bonchev–Trinajstić information content (AvgIpc) is 3.80. The maximum Gasteiger partial charge on any atom is 0.309 e. The number of ether oxygens (including phenoxy) is 1. The highest BCUT2D eigenvalue weighted by Gasteiger charge is 2.70. The minimum absolute atomic E-state index is 0.000462. The minimum atomic E-state index is -1.17. The molecule has 300 valence electrons. The fourth-order valence-electron chi connectivity index (χ4n) is 13.7. The van der Waals surface area contributed by atoms with Gasteiger partial charge in [0, 0.05) is 41.0 Å². The Balaban J connectivity index is 1.14. The topological polar surface area (TPSA) is 111 Å². The number of nitrogens with zero attached hydrogens (tertiary/aromatic N) is 1. The van der Waals surface area contributed by atoms with E-state index in [2.05, 4.69) is 59.5 Å². The van der Waals surface area contributed by atoms with Gasteiger partial charge in [0.15, 0.2) is 11.6 Å². The Morgan fingerprint density at radius 2 is 1.65 bits per heavy atom. The van der Waals surface area contributed by atoms with Crippen LogP contribution in [-0.4, -0.2) is 39.7 Å². The number of halogens is 1. The van der Waals surface area contributed by atoms with Gasteiger partial charge < -0.3 is 9.84 Å². The normalized spacial score (nSPS) is 37.5. The van der Waals surface area contributed by atoms with Crippen molar-refractivity contribution in [3.8, 4) is 0 Å². The summed E-state index contributed by atoms with van der Waals surface area (Å²) < 4.78 is 6.17. The number of fused-ring (bicyclic) bond motifs is 7. The van der Waals surface area contributed by atoms with Gasteiger partial charge in [-0.25, -0.2) is 0 Å². The first kappa shape index (κ1) is 40.4. The molecule has 0 unspecified atom stereocenters. The Kier molecular flexibility index (Phi) is 9.83. The molecule has 0 aromatic carbocycles. The second kappa shape index (κ2) is 13.4. The lowest BCUT2D eigenvalue weighted by Crippen LogP contribution is -2.65. The van der Waals surface area contributed by atoms with Gasteiger partial charge in [0.2, 0.25) is 0 Å². The van der Waals surface area contributed by atoms with E-state index in [1.54, 1.807) is 20.0 Å². The van der Waals surface area contributed by atoms with Gasteiger partial charge in [-0.1, -0.05) is 66.1 Å². The average molecular weight is 774 g/mol. The van der Waals surface area contributed by atoms with Crippen molar-refractivity contribution in [3.05, 3.63) is 52.3 Å². The number of hydrogen-bond donors (Lipinski definition) is 1. The van der Waals surface area contributed by atoms with E-state index in [1.165, 1.54) is 5.57 Å². The summed E-state index contributed by atoms with van der Waals surface area (Å²) in [6, 6.07) is 3.81. The maximum absolute atomic E-state index is 14.1. The first-order valence-electron chi connectivity index (χ1n) is 21.1. The fourth-order valence-corrected chi connectivity index (χ4v) is 13.8. The number of carboxylic acid groups (broad SMARTS) is 1. The van der Waals surface area contributed by atoms with Crippen LogP contribution in [0, 0.1) is 56.2 Å². The van der Waals surface area contributed by atoms with Crippen LogP contribution in [0.1, 0.15) is 151 Å². The highest BCUT2D eigenvalue weighted by atomic mass is 35.5. The molecular formula is C47H64ClNO6. The summed E-state index contributed by atoms with van der Waals surface area (Å²) in [6.07, 6.45) is 16.0. The summed E-state index contributed by atoms with van der Waals surface area (Å²) in [5.41, 5.74) is 1.39. The number of carbonyl (C=O) groups is 4. The molecular weight excluding hydrogens is 710 g/mol. The molecule has 0 radical (unpaired) electrons. The van der Waals surface area contributed by atoms with Crippen molar-refractivity contribution < 1.29 is 29.0 Å². The number of pyridine rings is 1. The molecule has 7 nitrogen and oxygen atoms in total. The number of allylic oxidation sites excluding steroid dienone is 4. The lowest BCUT2D eigenvalue weighted by molar-refractivity contribution is -0.232. The Morgan fingerprint density at radius 1 is 0.945 bits per heavy atom. The third-order valence-electron chi connectivity index (χ3n) is 17.1. The molecule has 0 bridgehead atoms.